The second-order valence-corrected chi connectivity index (χ2v) is 25.6. The van der Waals surface area contributed by atoms with Gasteiger partial charge in [0.2, 0.25) is 0 Å². The van der Waals surface area contributed by atoms with E-state index in [9.17, 15) is 0 Å². The maximum absolute atomic E-state index is 7.25. The van der Waals surface area contributed by atoms with E-state index in [-0.39, 0.29) is 29.5 Å². The van der Waals surface area contributed by atoms with Crippen molar-refractivity contribution in [3.63, 3.8) is 0 Å². The van der Waals surface area contributed by atoms with Crippen LogP contribution in [-0.4, -0.2) is 75.4 Å². The Morgan fingerprint density at radius 3 is 1.25 bits per heavy atom. The number of hydrogen-bond donors (Lipinski definition) is 0. The molecular weight excluding hydrogens is 723 g/mol. The van der Waals surface area contributed by atoms with Crippen molar-refractivity contribution in [3.8, 4) is 0 Å². The topological polar surface area (TPSA) is 49.4 Å². The van der Waals surface area contributed by atoms with Crippen LogP contribution in [0.25, 0.3) is 0 Å². The summed E-state index contributed by atoms with van der Waals surface area (Å²) in [5, 5.41) is 0.0680. The van der Waals surface area contributed by atoms with Gasteiger partial charge in [-0.05, 0) is 71.8 Å². The lowest BCUT2D eigenvalue weighted by Crippen LogP contribution is -2.55. The van der Waals surface area contributed by atoms with Crippen LogP contribution in [0.15, 0.2) is 0 Å². The highest BCUT2D eigenvalue weighted by molar-refractivity contribution is 6.74. The van der Waals surface area contributed by atoms with Crippen LogP contribution in [-0.2, 0) is 23.4 Å². The normalized spacial score (nSPS) is 21.6. The molecule has 57 heavy (non-hydrogen) atoms. The number of nitrogens with zero attached hydrogens (tertiary/aromatic N) is 1. The molecule has 2 aliphatic heterocycles. The lowest BCUT2D eigenvalue weighted by atomic mass is 10.0. The second-order valence-electron chi connectivity index (χ2n) is 20.8. The Bertz CT molecular complexity index is 935. The van der Waals surface area contributed by atoms with Gasteiger partial charge in [-0.2, -0.15) is 0 Å². The Hall–Kier alpha value is -0.0231. The van der Waals surface area contributed by atoms with E-state index in [1.165, 1.54) is 180 Å². The van der Waals surface area contributed by atoms with Gasteiger partial charge in [-0.25, -0.2) is 0 Å². The van der Waals surface area contributed by atoms with E-state index in [0.29, 0.717) is 6.61 Å². The first-order valence-electron chi connectivity index (χ1n) is 25.2. The second kappa shape index (κ2) is 29.3. The van der Waals surface area contributed by atoms with Crippen molar-refractivity contribution in [2.45, 2.75) is 296 Å². The maximum atomic E-state index is 7.25. The van der Waals surface area contributed by atoms with E-state index in [2.05, 4.69) is 66.5 Å². The number of unbranched alkanes of at least 4 members (excludes halogenated alkanes) is 26. The van der Waals surface area contributed by atoms with E-state index in [1.54, 1.807) is 0 Å². The summed E-state index contributed by atoms with van der Waals surface area (Å²) in [6.45, 7) is 28.1. The van der Waals surface area contributed by atoms with Crippen molar-refractivity contribution >= 4 is 8.32 Å². The van der Waals surface area contributed by atoms with Crippen molar-refractivity contribution in [2.75, 3.05) is 26.2 Å². The Balaban J connectivity index is 1.93. The van der Waals surface area contributed by atoms with Crippen LogP contribution in [0.5, 0.6) is 0 Å². The van der Waals surface area contributed by atoms with Crippen molar-refractivity contribution in [1.29, 1.82) is 0 Å². The van der Waals surface area contributed by atoms with Crippen LogP contribution in [0.1, 0.15) is 242 Å². The molecule has 2 aliphatic rings. The molecule has 340 valence electrons. The van der Waals surface area contributed by atoms with Crippen LogP contribution in [0.4, 0.5) is 0 Å². The van der Waals surface area contributed by atoms with Crippen LogP contribution in [0, 0.1) is 0 Å². The molecule has 0 amide bonds. The largest absolute Gasteiger partial charge is 0.408 e. The van der Waals surface area contributed by atoms with Gasteiger partial charge in [-0.1, -0.05) is 202 Å². The number of rotatable bonds is 36. The standard InChI is InChI=1S/C50H101NO5Si/c1-12-14-16-18-20-22-24-26-28-30-32-34-36-38-40-51(41-39-37-35-33-31-29-27-25-23-21-19-17-15-13-2)42-44-46(55-50(8,9)53-44)47(45-43-52-49(6,7)54-45)56-57(10,11)48(3,4)5/h44-47H,12-43H2,1-11H3/t44-,45+,46+,47-/m0/s1. The van der Waals surface area contributed by atoms with Crippen LogP contribution in [0.3, 0.4) is 0 Å². The minimum atomic E-state index is -2.16. The quantitative estimate of drug-likeness (QED) is 0.0463. The first kappa shape index (κ1) is 53.1. The smallest absolute Gasteiger partial charge is 0.192 e. The number of hydrogen-bond acceptors (Lipinski definition) is 6. The third kappa shape index (κ3) is 23.7. The predicted molar refractivity (Wildman–Crippen MR) is 248 cm³/mol. The third-order valence-corrected chi connectivity index (χ3v) is 17.7. The molecule has 0 aromatic carbocycles. The molecule has 2 fully saturated rings. The van der Waals surface area contributed by atoms with Crippen LogP contribution < -0.4 is 0 Å². The van der Waals surface area contributed by atoms with Crippen molar-refractivity contribution in [2.24, 2.45) is 0 Å². The fourth-order valence-electron chi connectivity index (χ4n) is 8.64. The average Bonchev–Trinajstić information content (AvgIpc) is 3.66. The molecule has 0 spiro atoms. The molecule has 0 aromatic rings. The fraction of sp³-hybridized carbons (Fsp3) is 1.00. The Labute approximate surface area is 357 Å². The summed E-state index contributed by atoms with van der Waals surface area (Å²) in [7, 11) is -2.16. The summed E-state index contributed by atoms with van der Waals surface area (Å²) in [4.78, 5) is 2.71. The van der Waals surface area contributed by atoms with E-state index in [0.717, 1.165) is 19.6 Å². The van der Waals surface area contributed by atoms with Gasteiger partial charge in [-0.15, -0.1) is 0 Å². The maximum Gasteiger partial charge on any atom is 0.192 e. The van der Waals surface area contributed by atoms with Crippen molar-refractivity contribution in [3.05, 3.63) is 0 Å². The Kier molecular flexibility index (Phi) is 27.3. The minimum absolute atomic E-state index is 0.0680. The highest BCUT2D eigenvalue weighted by Crippen LogP contribution is 2.42. The summed E-state index contributed by atoms with van der Waals surface area (Å²) >= 11 is 0. The lowest BCUT2D eigenvalue weighted by Gasteiger charge is -2.43. The van der Waals surface area contributed by atoms with Gasteiger partial charge >= 0.3 is 0 Å². The summed E-state index contributed by atoms with van der Waals surface area (Å²) in [6.07, 6.45) is 38.3. The van der Waals surface area contributed by atoms with Gasteiger partial charge in [0.1, 0.15) is 24.4 Å². The Morgan fingerprint density at radius 2 is 0.912 bits per heavy atom. The van der Waals surface area contributed by atoms with Gasteiger partial charge < -0.3 is 28.3 Å². The zero-order valence-corrected chi connectivity index (χ0v) is 41.4. The zero-order valence-electron chi connectivity index (χ0n) is 40.4. The van der Waals surface area contributed by atoms with Gasteiger partial charge in [0, 0.05) is 6.54 Å². The van der Waals surface area contributed by atoms with Gasteiger partial charge in [0.15, 0.2) is 19.9 Å². The molecule has 0 aromatic heterocycles. The number of ether oxygens (including phenoxy) is 4. The van der Waals surface area contributed by atoms with Crippen LogP contribution in [0.2, 0.25) is 18.1 Å². The molecule has 0 saturated carbocycles. The molecule has 0 radical (unpaired) electrons. The highest BCUT2D eigenvalue weighted by atomic mass is 28.4. The van der Waals surface area contributed by atoms with E-state index in [1.807, 2.05) is 13.8 Å². The molecule has 4 atom stereocenters. The molecular formula is C50H101NO5Si. The molecule has 0 unspecified atom stereocenters. The monoisotopic (exact) mass is 824 g/mol. The molecule has 0 bridgehead atoms. The molecule has 7 heteroatoms. The zero-order chi connectivity index (χ0) is 42.0. The van der Waals surface area contributed by atoms with Gasteiger partial charge in [-0.3, -0.25) is 0 Å². The first-order chi connectivity index (χ1) is 27.1. The molecule has 2 rings (SSSR count). The van der Waals surface area contributed by atoms with E-state index in [4.69, 9.17) is 23.4 Å². The van der Waals surface area contributed by atoms with Crippen molar-refractivity contribution < 1.29 is 23.4 Å². The molecule has 2 saturated heterocycles. The molecule has 6 nitrogen and oxygen atoms in total. The summed E-state index contributed by atoms with van der Waals surface area (Å²) < 4.78 is 33.6. The van der Waals surface area contributed by atoms with Crippen molar-refractivity contribution in [1.82, 2.24) is 4.90 Å². The minimum Gasteiger partial charge on any atom is -0.408 e. The third-order valence-electron chi connectivity index (χ3n) is 13.3. The lowest BCUT2D eigenvalue weighted by molar-refractivity contribution is -0.176. The first-order valence-corrected chi connectivity index (χ1v) is 28.1. The summed E-state index contributed by atoms with van der Waals surface area (Å²) in [6, 6.07) is 0. The van der Waals surface area contributed by atoms with E-state index >= 15 is 0 Å². The van der Waals surface area contributed by atoms with Gasteiger partial charge in [0.25, 0.3) is 0 Å². The molecule has 0 N–H and O–H groups in total. The summed E-state index contributed by atoms with van der Waals surface area (Å²) in [5.74, 6) is -1.30. The molecule has 0 aliphatic carbocycles. The fourth-order valence-corrected chi connectivity index (χ4v) is 9.96. The Morgan fingerprint density at radius 1 is 0.544 bits per heavy atom. The average molecular weight is 824 g/mol. The van der Waals surface area contributed by atoms with E-state index < -0.39 is 19.9 Å². The summed E-state index contributed by atoms with van der Waals surface area (Å²) in [5.41, 5.74) is 0. The highest BCUT2D eigenvalue weighted by Gasteiger charge is 2.53. The molecule has 2 heterocycles. The predicted octanol–water partition coefficient (Wildman–Crippen LogP) is 15.3. The van der Waals surface area contributed by atoms with Gasteiger partial charge in [0.05, 0.1) is 6.61 Å². The SMILES string of the molecule is CCCCCCCCCCCCCCCCN(CCCCCCCCCCCCCCCC)C[C@@H]1OC(C)(C)O[C@H]1[C@@H](O[Si](C)(C)C(C)(C)C)[C@H]1COC(C)(C)O1. The van der Waals surface area contributed by atoms with Crippen LogP contribution >= 0.6 is 0 Å².